The Morgan fingerprint density at radius 2 is 1.94 bits per heavy atom. The number of benzene rings is 1. The number of hydrogen-bond donors (Lipinski definition) is 2. The van der Waals surface area contributed by atoms with Crippen molar-refractivity contribution in [1.29, 1.82) is 0 Å². The van der Waals surface area contributed by atoms with Gasteiger partial charge >= 0.3 is 6.36 Å². The van der Waals surface area contributed by atoms with Crippen molar-refractivity contribution in [2.45, 2.75) is 69.2 Å². The summed E-state index contributed by atoms with van der Waals surface area (Å²) in [6.07, 6.45) is -2.12. The lowest BCUT2D eigenvalue weighted by Gasteiger charge is -2.34. The van der Waals surface area contributed by atoms with Gasteiger partial charge in [0.05, 0.1) is 6.10 Å². The van der Waals surface area contributed by atoms with E-state index in [1.807, 2.05) is 11.9 Å². The van der Waals surface area contributed by atoms with Crippen LogP contribution < -0.4 is 10.1 Å². The first-order chi connectivity index (χ1) is 16.6. The minimum Gasteiger partial charge on any atom is -0.406 e. The molecule has 0 aromatic heterocycles. The number of rotatable bonds is 6. The third-order valence-electron chi connectivity index (χ3n) is 7.38. The Balaban J connectivity index is 1.36. The van der Waals surface area contributed by atoms with E-state index in [-0.39, 0.29) is 35.8 Å². The second kappa shape index (κ2) is 10.7. The largest absolute Gasteiger partial charge is 0.573 e. The van der Waals surface area contributed by atoms with Crippen LogP contribution >= 0.6 is 0 Å². The lowest BCUT2D eigenvalue weighted by molar-refractivity contribution is -0.274. The summed E-state index contributed by atoms with van der Waals surface area (Å²) in [7, 11) is 1.98. The van der Waals surface area contributed by atoms with Crippen LogP contribution in [0.5, 0.6) is 5.75 Å². The van der Waals surface area contributed by atoms with Crippen molar-refractivity contribution in [1.82, 2.24) is 20.0 Å². The van der Waals surface area contributed by atoms with Crippen LogP contribution in [0.4, 0.5) is 13.2 Å². The van der Waals surface area contributed by atoms with Gasteiger partial charge in [-0.15, -0.1) is 13.2 Å². The monoisotopic (exact) mass is 498 g/mol. The maximum Gasteiger partial charge on any atom is 0.573 e. The number of likely N-dealkylation sites (tertiary alicyclic amines) is 2. The highest BCUT2D eigenvalue weighted by molar-refractivity contribution is 5.83. The number of carbonyl (C=O) groups is 2. The highest BCUT2D eigenvalue weighted by Gasteiger charge is 2.45. The van der Waals surface area contributed by atoms with Crippen LogP contribution in [0.1, 0.15) is 37.7 Å². The van der Waals surface area contributed by atoms with Gasteiger partial charge in [0.15, 0.2) is 0 Å². The number of alkyl halides is 3. The minimum atomic E-state index is -4.76. The molecule has 35 heavy (non-hydrogen) atoms. The Hall–Kier alpha value is -2.37. The average Bonchev–Trinajstić information content (AvgIpc) is 3.16. The molecular formula is C24H33F3N4O4. The molecule has 0 unspecified atom stereocenters. The maximum absolute atomic E-state index is 13.0. The molecule has 0 bridgehead atoms. The Labute approximate surface area is 203 Å². The fourth-order valence-electron chi connectivity index (χ4n) is 5.47. The lowest BCUT2D eigenvalue weighted by Crippen LogP contribution is -2.49. The zero-order valence-corrected chi connectivity index (χ0v) is 19.8. The number of aliphatic hydroxyl groups excluding tert-OH is 1. The van der Waals surface area contributed by atoms with Gasteiger partial charge in [-0.3, -0.25) is 19.4 Å². The summed E-state index contributed by atoms with van der Waals surface area (Å²) in [6, 6.07) is 5.40. The summed E-state index contributed by atoms with van der Waals surface area (Å²) in [5, 5.41) is 12.7. The Morgan fingerprint density at radius 1 is 1.20 bits per heavy atom. The van der Waals surface area contributed by atoms with Gasteiger partial charge in [0.1, 0.15) is 11.8 Å². The van der Waals surface area contributed by atoms with E-state index in [1.165, 1.54) is 18.2 Å². The molecule has 11 heteroatoms. The average molecular weight is 499 g/mol. The summed E-state index contributed by atoms with van der Waals surface area (Å²) in [5.41, 5.74) is 0.640. The van der Waals surface area contributed by atoms with E-state index < -0.39 is 12.4 Å². The number of nitrogens with one attached hydrogen (secondary N) is 1. The van der Waals surface area contributed by atoms with Gasteiger partial charge in [-0.2, -0.15) is 0 Å². The number of fused-ring (bicyclic) bond motifs is 1. The van der Waals surface area contributed by atoms with Crippen molar-refractivity contribution in [2.75, 3.05) is 33.2 Å². The molecule has 2 amide bonds. The predicted molar refractivity (Wildman–Crippen MR) is 121 cm³/mol. The van der Waals surface area contributed by atoms with Gasteiger partial charge in [0, 0.05) is 51.2 Å². The second-order valence-corrected chi connectivity index (χ2v) is 9.68. The first-order valence-corrected chi connectivity index (χ1v) is 12.1. The number of halogens is 3. The number of amides is 2. The molecule has 3 aliphatic rings. The van der Waals surface area contributed by atoms with E-state index >= 15 is 0 Å². The quantitative estimate of drug-likeness (QED) is 0.622. The fourth-order valence-corrected chi connectivity index (χ4v) is 5.47. The Kier molecular flexibility index (Phi) is 7.87. The number of ether oxygens (including phenoxy) is 1. The first kappa shape index (κ1) is 25.7. The van der Waals surface area contributed by atoms with Crippen LogP contribution in [0, 0.1) is 0 Å². The summed E-state index contributed by atoms with van der Waals surface area (Å²) in [4.78, 5) is 31.6. The summed E-state index contributed by atoms with van der Waals surface area (Å²) < 4.78 is 41.8. The molecule has 0 spiro atoms. The lowest BCUT2D eigenvalue weighted by atomic mass is 10.0. The van der Waals surface area contributed by atoms with Crippen LogP contribution in [0.2, 0.25) is 0 Å². The number of carbonyl (C=O) groups excluding carboxylic acids is 2. The van der Waals surface area contributed by atoms with E-state index in [1.54, 1.807) is 11.0 Å². The Bertz CT molecular complexity index is 907. The highest BCUT2D eigenvalue weighted by atomic mass is 19.4. The zero-order valence-electron chi connectivity index (χ0n) is 19.8. The number of hydrogen-bond acceptors (Lipinski definition) is 6. The summed E-state index contributed by atoms with van der Waals surface area (Å²) in [6.45, 7) is 2.57. The standard InChI is InChI=1S/C24H33F3N4O4/c1-29-17(5-6-21(33)30-10-7-18(32)8-11-30)14-28-23(34)22-20(29)9-12-31(22)15-16-3-2-4-19(13-16)35-24(25,26)27/h2-4,13,17-18,20,22,32H,5-12,14-15H2,1H3,(H,28,34)/t17-,20-,22-/m0/s1. The van der Waals surface area contributed by atoms with Crippen LogP contribution in [0.25, 0.3) is 0 Å². The van der Waals surface area contributed by atoms with Crippen LogP contribution in [0.15, 0.2) is 24.3 Å². The molecule has 8 nitrogen and oxygen atoms in total. The van der Waals surface area contributed by atoms with Gasteiger partial charge in [-0.25, -0.2) is 0 Å². The van der Waals surface area contributed by atoms with Gasteiger partial charge in [0.2, 0.25) is 11.8 Å². The number of piperidine rings is 1. The topological polar surface area (TPSA) is 85.3 Å². The molecule has 3 atom stereocenters. The molecule has 2 N–H and O–H groups in total. The molecule has 1 aromatic rings. The summed E-state index contributed by atoms with van der Waals surface area (Å²) in [5.74, 6) is -0.298. The third-order valence-corrected chi connectivity index (χ3v) is 7.38. The molecule has 0 aliphatic carbocycles. The van der Waals surface area contributed by atoms with Gasteiger partial charge in [-0.05, 0) is 50.4 Å². The van der Waals surface area contributed by atoms with E-state index in [4.69, 9.17) is 0 Å². The van der Waals surface area contributed by atoms with Crippen molar-refractivity contribution in [3.63, 3.8) is 0 Å². The van der Waals surface area contributed by atoms with Crippen LogP contribution in [-0.2, 0) is 16.1 Å². The highest BCUT2D eigenvalue weighted by Crippen LogP contribution is 2.30. The Morgan fingerprint density at radius 3 is 2.66 bits per heavy atom. The van der Waals surface area contributed by atoms with Gasteiger partial charge in [0.25, 0.3) is 0 Å². The number of likely N-dealkylation sites (N-methyl/N-ethyl adjacent to an activating group) is 1. The van der Waals surface area contributed by atoms with Gasteiger partial charge in [-0.1, -0.05) is 12.1 Å². The number of aliphatic hydroxyl groups is 1. The first-order valence-electron chi connectivity index (χ1n) is 12.1. The zero-order chi connectivity index (χ0) is 25.2. The smallest absolute Gasteiger partial charge is 0.406 e. The summed E-state index contributed by atoms with van der Waals surface area (Å²) >= 11 is 0. The minimum absolute atomic E-state index is 0.0109. The molecule has 194 valence electrons. The van der Waals surface area contributed by atoms with E-state index in [9.17, 15) is 27.9 Å². The SMILES string of the molecule is CN1[C@@H](CCC(=O)N2CCC(O)CC2)CNC(=O)[C@@H]2[C@@H]1CCN2Cc1cccc(OC(F)(F)F)c1. The van der Waals surface area contributed by atoms with E-state index in [2.05, 4.69) is 15.0 Å². The molecule has 3 aliphatic heterocycles. The molecule has 3 saturated heterocycles. The molecular weight excluding hydrogens is 465 g/mol. The van der Waals surface area contributed by atoms with Crippen molar-refractivity contribution in [3.8, 4) is 5.75 Å². The van der Waals surface area contributed by atoms with Crippen LogP contribution in [-0.4, -0.2) is 95.4 Å². The van der Waals surface area contributed by atoms with E-state index in [0.717, 1.165) is 6.42 Å². The fraction of sp³-hybridized carbons (Fsp3) is 0.667. The maximum atomic E-state index is 13.0. The molecule has 4 rings (SSSR count). The molecule has 0 radical (unpaired) electrons. The van der Waals surface area contributed by atoms with Crippen LogP contribution in [0.3, 0.4) is 0 Å². The van der Waals surface area contributed by atoms with Crippen molar-refractivity contribution >= 4 is 11.8 Å². The third kappa shape index (κ3) is 6.45. The normalized spacial score (nSPS) is 26.8. The number of nitrogens with zero attached hydrogens (tertiary/aromatic N) is 3. The van der Waals surface area contributed by atoms with Crippen molar-refractivity contribution in [2.24, 2.45) is 0 Å². The van der Waals surface area contributed by atoms with E-state index in [0.29, 0.717) is 64.0 Å². The predicted octanol–water partition coefficient (Wildman–Crippen LogP) is 1.72. The van der Waals surface area contributed by atoms with Crippen molar-refractivity contribution < 1.29 is 32.6 Å². The molecule has 0 saturated carbocycles. The molecule has 1 aromatic carbocycles. The second-order valence-electron chi connectivity index (χ2n) is 9.68. The molecule has 3 heterocycles. The van der Waals surface area contributed by atoms with Gasteiger partial charge < -0.3 is 20.1 Å². The van der Waals surface area contributed by atoms with Crippen molar-refractivity contribution in [3.05, 3.63) is 29.8 Å². The molecule has 3 fully saturated rings.